The maximum absolute atomic E-state index is 11.8. The summed E-state index contributed by atoms with van der Waals surface area (Å²) in [7, 11) is 0. The van der Waals surface area contributed by atoms with Crippen molar-refractivity contribution in [2.45, 2.75) is 26.1 Å². The Morgan fingerprint density at radius 2 is 2.00 bits per heavy atom. The smallest absolute Gasteiger partial charge is 0.251 e. The number of amides is 1. The van der Waals surface area contributed by atoms with Crippen molar-refractivity contribution in [2.24, 2.45) is 11.3 Å². The Morgan fingerprint density at radius 1 is 1.41 bits per heavy atom. The average Bonchev–Trinajstić information content (AvgIpc) is 2.94. The maximum atomic E-state index is 11.8. The van der Waals surface area contributed by atoms with Crippen LogP contribution in [0.4, 0.5) is 0 Å². The first-order valence-electron chi connectivity index (χ1n) is 5.96. The predicted molar refractivity (Wildman–Crippen MR) is 70.2 cm³/mol. The van der Waals surface area contributed by atoms with E-state index in [4.69, 9.17) is 11.6 Å². The molecule has 1 fully saturated rings. The largest absolute Gasteiger partial charge is 0.352 e. The van der Waals surface area contributed by atoms with Crippen molar-refractivity contribution in [3.63, 3.8) is 0 Å². The summed E-state index contributed by atoms with van der Waals surface area (Å²) in [5.74, 6) is 1.13. The summed E-state index contributed by atoms with van der Waals surface area (Å²) in [6.45, 7) is 5.25. The first-order chi connectivity index (χ1) is 8.03. The first-order valence-corrected chi connectivity index (χ1v) is 6.49. The molecule has 3 heteroatoms. The molecule has 17 heavy (non-hydrogen) atoms. The Kier molecular flexibility index (Phi) is 3.43. The number of hydrogen-bond donors (Lipinski definition) is 1. The number of carbonyl (C=O) groups excluding carboxylic acids is 1. The molecule has 1 aliphatic carbocycles. The van der Waals surface area contributed by atoms with Crippen LogP contribution in [0.2, 0.25) is 0 Å². The van der Waals surface area contributed by atoms with Gasteiger partial charge in [0, 0.05) is 18.0 Å². The highest BCUT2D eigenvalue weighted by Gasteiger charge is 2.45. The highest BCUT2D eigenvalue weighted by Crippen LogP contribution is 2.50. The molecule has 1 saturated carbocycles. The van der Waals surface area contributed by atoms with Crippen molar-refractivity contribution in [3.05, 3.63) is 35.4 Å². The molecule has 0 aliphatic heterocycles. The van der Waals surface area contributed by atoms with Crippen LogP contribution in [-0.2, 0) is 5.88 Å². The van der Waals surface area contributed by atoms with Crippen LogP contribution in [0.1, 0.15) is 36.2 Å². The summed E-state index contributed by atoms with van der Waals surface area (Å²) < 4.78 is 0. The van der Waals surface area contributed by atoms with E-state index in [-0.39, 0.29) is 5.91 Å². The van der Waals surface area contributed by atoms with E-state index in [1.54, 1.807) is 0 Å². The van der Waals surface area contributed by atoms with E-state index >= 15 is 0 Å². The van der Waals surface area contributed by atoms with Crippen LogP contribution < -0.4 is 5.32 Å². The van der Waals surface area contributed by atoms with Crippen molar-refractivity contribution in [1.29, 1.82) is 0 Å². The Balaban J connectivity index is 1.87. The standard InChI is InChI=1S/C14H18ClNO/c1-14(2)7-12(14)9-16-13(17)11-5-3-10(8-15)4-6-11/h3-6,12H,7-9H2,1-2H3,(H,16,17). The lowest BCUT2D eigenvalue weighted by Crippen LogP contribution is -2.26. The van der Waals surface area contributed by atoms with E-state index in [1.165, 1.54) is 6.42 Å². The van der Waals surface area contributed by atoms with E-state index < -0.39 is 0 Å². The van der Waals surface area contributed by atoms with Gasteiger partial charge in [-0.3, -0.25) is 4.79 Å². The predicted octanol–water partition coefficient (Wildman–Crippen LogP) is 3.20. The van der Waals surface area contributed by atoms with Crippen molar-refractivity contribution >= 4 is 17.5 Å². The Labute approximate surface area is 107 Å². The second-order valence-electron chi connectivity index (χ2n) is 5.43. The SMILES string of the molecule is CC1(C)CC1CNC(=O)c1ccc(CCl)cc1. The van der Waals surface area contributed by atoms with Gasteiger partial charge >= 0.3 is 0 Å². The molecular weight excluding hydrogens is 234 g/mol. The van der Waals surface area contributed by atoms with Gasteiger partial charge in [-0.1, -0.05) is 26.0 Å². The minimum Gasteiger partial charge on any atom is -0.352 e. The molecule has 1 aliphatic rings. The summed E-state index contributed by atoms with van der Waals surface area (Å²) in [5, 5.41) is 2.98. The molecule has 1 aromatic carbocycles. The number of halogens is 1. The third kappa shape index (κ3) is 3.01. The second-order valence-corrected chi connectivity index (χ2v) is 5.70. The van der Waals surface area contributed by atoms with Crippen molar-refractivity contribution < 1.29 is 4.79 Å². The van der Waals surface area contributed by atoms with Gasteiger partial charge in [0.05, 0.1) is 0 Å². The van der Waals surface area contributed by atoms with Crippen LogP contribution >= 0.6 is 11.6 Å². The molecule has 0 heterocycles. The second kappa shape index (κ2) is 4.69. The summed E-state index contributed by atoms with van der Waals surface area (Å²) >= 11 is 5.70. The number of benzene rings is 1. The minimum absolute atomic E-state index is 0.00817. The zero-order chi connectivity index (χ0) is 12.5. The van der Waals surface area contributed by atoms with Gasteiger partial charge in [-0.05, 0) is 35.4 Å². The molecular formula is C14H18ClNO. The number of rotatable bonds is 4. The zero-order valence-electron chi connectivity index (χ0n) is 10.3. The fourth-order valence-electron chi connectivity index (χ4n) is 1.99. The van der Waals surface area contributed by atoms with Crippen molar-refractivity contribution in [3.8, 4) is 0 Å². The van der Waals surface area contributed by atoms with Crippen LogP contribution in [0.5, 0.6) is 0 Å². The van der Waals surface area contributed by atoms with E-state index in [1.807, 2.05) is 24.3 Å². The van der Waals surface area contributed by atoms with Gasteiger partial charge in [0.25, 0.3) is 5.91 Å². The average molecular weight is 252 g/mol. The van der Waals surface area contributed by atoms with Crippen molar-refractivity contribution in [2.75, 3.05) is 6.54 Å². The van der Waals surface area contributed by atoms with Gasteiger partial charge in [0.15, 0.2) is 0 Å². The quantitative estimate of drug-likeness (QED) is 0.818. The van der Waals surface area contributed by atoms with Gasteiger partial charge in [0.1, 0.15) is 0 Å². The Hall–Kier alpha value is -1.02. The highest BCUT2D eigenvalue weighted by molar-refractivity contribution is 6.17. The van der Waals surface area contributed by atoms with E-state index in [2.05, 4.69) is 19.2 Å². The molecule has 92 valence electrons. The van der Waals surface area contributed by atoms with Crippen LogP contribution in [0.3, 0.4) is 0 Å². The monoisotopic (exact) mass is 251 g/mol. The van der Waals surface area contributed by atoms with Gasteiger partial charge in [-0.2, -0.15) is 0 Å². The summed E-state index contributed by atoms with van der Waals surface area (Å²) in [6.07, 6.45) is 1.21. The molecule has 0 aromatic heterocycles. The third-order valence-corrected chi connectivity index (χ3v) is 3.91. The summed E-state index contributed by atoms with van der Waals surface area (Å²) in [5.41, 5.74) is 2.15. The third-order valence-electron chi connectivity index (χ3n) is 3.60. The van der Waals surface area contributed by atoms with E-state index in [0.717, 1.165) is 12.1 Å². The maximum Gasteiger partial charge on any atom is 0.251 e. The lowest BCUT2D eigenvalue weighted by Gasteiger charge is -2.07. The molecule has 0 bridgehead atoms. The minimum atomic E-state index is 0.00817. The molecule has 1 N–H and O–H groups in total. The molecule has 1 atom stereocenters. The van der Waals surface area contributed by atoms with Gasteiger partial charge in [-0.25, -0.2) is 0 Å². The Bertz CT molecular complexity index is 411. The number of carbonyl (C=O) groups is 1. The topological polar surface area (TPSA) is 29.1 Å². The van der Waals surface area contributed by atoms with Crippen LogP contribution in [0, 0.1) is 11.3 Å². The molecule has 2 nitrogen and oxygen atoms in total. The molecule has 0 radical (unpaired) electrons. The van der Waals surface area contributed by atoms with Crippen LogP contribution in [0.25, 0.3) is 0 Å². The zero-order valence-corrected chi connectivity index (χ0v) is 11.1. The lowest BCUT2D eigenvalue weighted by molar-refractivity contribution is 0.0950. The number of hydrogen-bond acceptors (Lipinski definition) is 1. The van der Waals surface area contributed by atoms with E-state index in [0.29, 0.717) is 22.8 Å². The fourth-order valence-corrected chi connectivity index (χ4v) is 2.17. The first kappa shape index (κ1) is 12.4. The van der Waals surface area contributed by atoms with Crippen LogP contribution in [0.15, 0.2) is 24.3 Å². The van der Waals surface area contributed by atoms with Gasteiger partial charge < -0.3 is 5.32 Å². The summed E-state index contributed by atoms with van der Waals surface area (Å²) in [4.78, 5) is 11.8. The fraction of sp³-hybridized carbons (Fsp3) is 0.500. The summed E-state index contributed by atoms with van der Waals surface area (Å²) in [6, 6.07) is 7.43. The molecule has 1 unspecified atom stereocenters. The molecule has 1 aromatic rings. The van der Waals surface area contributed by atoms with Gasteiger partial charge in [0.2, 0.25) is 0 Å². The van der Waals surface area contributed by atoms with Crippen LogP contribution in [-0.4, -0.2) is 12.5 Å². The molecule has 1 amide bonds. The molecule has 0 spiro atoms. The van der Waals surface area contributed by atoms with Crippen molar-refractivity contribution in [1.82, 2.24) is 5.32 Å². The Morgan fingerprint density at radius 3 is 2.47 bits per heavy atom. The highest BCUT2D eigenvalue weighted by atomic mass is 35.5. The lowest BCUT2D eigenvalue weighted by atomic mass is 10.1. The number of nitrogens with one attached hydrogen (secondary N) is 1. The number of alkyl halides is 1. The molecule has 0 saturated heterocycles. The van der Waals surface area contributed by atoms with Gasteiger partial charge in [-0.15, -0.1) is 11.6 Å². The van der Waals surface area contributed by atoms with E-state index in [9.17, 15) is 4.79 Å². The normalized spacial score (nSPS) is 21.0. The molecule has 2 rings (SSSR count).